The largest absolute Gasteiger partial charge is 0.494 e. The SMILES string of the molecule is COc1cccc(-c2c(C)c(Cc3c(F)cccc3F)c3n(c2=O)C(CNCCc2ccccc2F)CS3)c1F. The molecular formula is C31H28F4N2O2S. The number of ether oxygens (including phenoxy) is 1. The summed E-state index contributed by atoms with van der Waals surface area (Å²) >= 11 is 1.43. The van der Waals surface area contributed by atoms with Gasteiger partial charge in [-0.3, -0.25) is 9.36 Å². The van der Waals surface area contributed by atoms with Gasteiger partial charge in [0.2, 0.25) is 0 Å². The minimum atomic E-state index is -0.687. The number of halogens is 4. The Morgan fingerprint density at radius 1 is 0.950 bits per heavy atom. The number of nitrogens with one attached hydrogen (secondary N) is 1. The minimum absolute atomic E-state index is 0.00997. The molecule has 4 nitrogen and oxygen atoms in total. The van der Waals surface area contributed by atoms with Crippen molar-refractivity contribution in [3.8, 4) is 16.9 Å². The van der Waals surface area contributed by atoms with Crippen molar-refractivity contribution in [2.75, 3.05) is 26.0 Å². The van der Waals surface area contributed by atoms with Crippen molar-refractivity contribution in [2.24, 2.45) is 0 Å². The summed E-state index contributed by atoms with van der Waals surface area (Å²) in [6.07, 6.45) is 0.374. The van der Waals surface area contributed by atoms with Crippen LogP contribution in [0, 0.1) is 30.2 Å². The van der Waals surface area contributed by atoms with E-state index in [9.17, 15) is 18.0 Å². The molecule has 0 saturated heterocycles. The second-order valence-corrected chi connectivity index (χ2v) is 10.7. The van der Waals surface area contributed by atoms with Crippen molar-refractivity contribution in [2.45, 2.75) is 30.8 Å². The number of fused-ring (bicyclic) bond motifs is 1. The van der Waals surface area contributed by atoms with Crippen molar-refractivity contribution in [3.05, 3.63) is 117 Å². The number of nitrogens with zero attached hydrogens (tertiary/aromatic N) is 1. The zero-order valence-electron chi connectivity index (χ0n) is 22.1. The lowest BCUT2D eigenvalue weighted by Gasteiger charge is -2.21. The van der Waals surface area contributed by atoms with Crippen molar-refractivity contribution >= 4 is 11.8 Å². The molecule has 1 unspecified atom stereocenters. The Labute approximate surface area is 234 Å². The van der Waals surface area contributed by atoms with Gasteiger partial charge in [0.1, 0.15) is 17.5 Å². The van der Waals surface area contributed by atoms with E-state index in [4.69, 9.17) is 4.74 Å². The third-order valence-electron chi connectivity index (χ3n) is 7.29. The first-order chi connectivity index (χ1) is 19.3. The predicted octanol–water partition coefficient (Wildman–Crippen LogP) is 6.46. The van der Waals surface area contributed by atoms with Crippen LogP contribution in [0.5, 0.6) is 5.75 Å². The van der Waals surface area contributed by atoms with Gasteiger partial charge in [-0.2, -0.15) is 0 Å². The summed E-state index contributed by atoms with van der Waals surface area (Å²) in [5.74, 6) is -1.80. The molecular weight excluding hydrogens is 540 g/mol. The molecule has 0 aliphatic carbocycles. The molecule has 0 spiro atoms. The average molecular weight is 569 g/mol. The third kappa shape index (κ3) is 5.28. The topological polar surface area (TPSA) is 43.3 Å². The first kappa shape index (κ1) is 28.0. The van der Waals surface area contributed by atoms with Crippen LogP contribution in [-0.4, -0.2) is 30.5 Å². The summed E-state index contributed by atoms with van der Waals surface area (Å²) in [5, 5.41) is 3.92. The first-order valence-electron chi connectivity index (χ1n) is 12.9. The van der Waals surface area contributed by atoms with Gasteiger partial charge in [-0.25, -0.2) is 17.6 Å². The lowest BCUT2D eigenvalue weighted by Crippen LogP contribution is -2.34. The van der Waals surface area contributed by atoms with Crippen LogP contribution in [0.2, 0.25) is 0 Å². The molecule has 0 bridgehead atoms. The molecule has 0 saturated carbocycles. The molecule has 1 atom stereocenters. The van der Waals surface area contributed by atoms with E-state index in [0.717, 1.165) is 0 Å². The maximum atomic E-state index is 15.5. The summed E-state index contributed by atoms with van der Waals surface area (Å²) in [6.45, 7) is 2.58. The van der Waals surface area contributed by atoms with E-state index < -0.39 is 17.5 Å². The minimum Gasteiger partial charge on any atom is -0.494 e. The molecule has 4 aromatic rings. The Balaban J connectivity index is 1.55. The van der Waals surface area contributed by atoms with Gasteiger partial charge in [-0.1, -0.05) is 36.4 Å². The van der Waals surface area contributed by atoms with Gasteiger partial charge >= 0.3 is 0 Å². The van der Waals surface area contributed by atoms with E-state index in [0.29, 0.717) is 47.0 Å². The van der Waals surface area contributed by atoms with E-state index in [1.165, 1.54) is 55.3 Å². The second-order valence-electron chi connectivity index (χ2n) is 9.67. The molecule has 1 aliphatic heterocycles. The number of rotatable bonds is 9. The first-order valence-corrected chi connectivity index (χ1v) is 13.9. The van der Waals surface area contributed by atoms with Crippen molar-refractivity contribution < 1.29 is 22.3 Å². The van der Waals surface area contributed by atoms with Gasteiger partial charge in [0.05, 0.1) is 23.7 Å². The summed E-state index contributed by atoms with van der Waals surface area (Å²) in [7, 11) is 1.34. The highest BCUT2D eigenvalue weighted by atomic mass is 32.2. The zero-order valence-corrected chi connectivity index (χ0v) is 22.9. The molecule has 3 aromatic carbocycles. The number of pyridine rings is 1. The Kier molecular flexibility index (Phi) is 8.32. The van der Waals surface area contributed by atoms with Crippen LogP contribution < -0.4 is 15.6 Å². The Bertz CT molecular complexity index is 1600. The zero-order chi connectivity index (χ0) is 28.4. The molecule has 2 heterocycles. The second kappa shape index (κ2) is 11.9. The van der Waals surface area contributed by atoms with Crippen LogP contribution in [0.1, 0.15) is 28.3 Å². The molecule has 208 valence electrons. The summed E-state index contributed by atoms with van der Waals surface area (Å²) in [4.78, 5) is 14.0. The van der Waals surface area contributed by atoms with E-state index in [2.05, 4.69) is 5.32 Å². The van der Waals surface area contributed by atoms with Gasteiger partial charge in [0.15, 0.2) is 11.6 Å². The molecule has 1 aliphatic rings. The van der Waals surface area contributed by atoms with Gasteiger partial charge in [-0.15, -0.1) is 11.8 Å². The van der Waals surface area contributed by atoms with Gasteiger partial charge in [0.25, 0.3) is 5.56 Å². The fraction of sp³-hybridized carbons (Fsp3) is 0.258. The van der Waals surface area contributed by atoms with Crippen molar-refractivity contribution in [3.63, 3.8) is 0 Å². The Morgan fingerprint density at radius 3 is 2.38 bits per heavy atom. The number of hydrogen-bond donors (Lipinski definition) is 1. The lowest BCUT2D eigenvalue weighted by atomic mass is 9.94. The highest BCUT2D eigenvalue weighted by Gasteiger charge is 2.32. The Morgan fingerprint density at radius 2 is 1.65 bits per heavy atom. The molecule has 1 N–H and O–H groups in total. The maximum absolute atomic E-state index is 15.5. The average Bonchev–Trinajstić information content (AvgIpc) is 3.36. The van der Waals surface area contributed by atoms with E-state index in [1.807, 2.05) is 0 Å². The highest BCUT2D eigenvalue weighted by molar-refractivity contribution is 7.99. The highest BCUT2D eigenvalue weighted by Crippen LogP contribution is 2.40. The van der Waals surface area contributed by atoms with Gasteiger partial charge < -0.3 is 10.1 Å². The number of thioether (sulfide) groups is 1. The Hall–Kier alpha value is -3.56. The quantitative estimate of drug-likeness (QED) is 0.186. The van der Waals surface area contributed by atoms with Crippen LogP contribution in [0.25, 0.3) is 11.1 Å². The van der Waals surface area contributed by atoms with Gasteiger partial charge in [-0.05, 0) is 60.8 Å². The number of hydrogen-bond acceptors (Lipinski definition) is 4. The number of aromatic nitrogens is 1. The molecule has 40 heavy (non-hydrogen) atoms. The summed E-state index contributed by atoms with van der Waals surface area (Å²) < 4.78 is 65.6. The number of benzene rings is 3. The molecule has 5 rings (SSSR count). The van der Waals surface area contributed by atoms with Crippen LogP contribution in [0.4, 0.5) is 17.6 Å². The van der Waals surface area contributed by atoms with Crippen LogP contribution >= 0.6 is 11.8 Å². The van der Waals surface area contributed by atoms with E-state index in [-0.39, 0.29) is 46.3 Å². The molecule has 0 amide bonds. The van der Waals surface area contributed by atoms with Crippen LogP contribution in [-0.2, 0) is 12.8 Å². The fourth-order valence-electron chi connectivity index (χ4n) is 5.18. The normalized spacial score (nSPS) is 14.4. The van der Waals surface area contributed by atoms with Crippen LogP contribution in [0.15, 0.2) is 70.5 Å². The smallest absolute Gasteiger partial charge is 0.260 e. The van der Waals surface area contributed by atoms with E-state index >= 15 is 4.39 Å². The van der Waals surface area contributed by atoms with Gasteiger partial charge in [0, 0.05) is 29.8 Å². The molecule has 0 radical (unpaired) electrons. The fourth-order valence-corrected chi connectivity index (χ4v) is 6.56. The van der Waals surface area contributed by atoms with Crippen molar-refractivity contribution in [1.82, 2.24) is 9.88 Å². The van der Waals surface area contributed by atoms with Crippen LogP contribution in [0.3, 0.4) is 0 Å². The van der Waals surface area contributed by atoms with E-state index in [1.54, 1.807) is 35.8 Å². The molecule has 1 aromatic heterocycles. The number of methoxy groups -OCH3 is 1. The summed E-state index contributed by atoms with van der Waals surface area (Å²) in [6, 6.07) is 14.5. The summed E-state index contributed by atoms with van der Waals surface area (Å²) in [5.41, 5.74) is 1.32. The maximum Gasteiger partial charge on any atom is 0.260 e. The standard InChI is InChI=1S/C31H28F4N2O2S/c1-18-22(15-23-25(33)10-6-11-26(23)34)31-37(30(38)28(18)21-8-5-12-27(39-2)29(21)35)20(17-40-31)16-36-14-13-19-7-3-4-9-24(19)32/h3-12,20,36H,13-17H2,1-2H3. The monoisotopic (exact) mass is 568 g/mol. The predicted molar refractivity (Wildman–Crippen MR) is 149 cm³/mol. The molecule has 0 fully saturated rings. The molecule has 9 heteroatoms. The van der Waals surface area contributed by atoms with Crippen molar-refractivity contribution in [1.29, 1.82) is 0 Å². The third-order valence-corrected chi connectivity index (χ3v) is 8.56. The lowest BCUT2D eigenvalue weighted by molar-refractivity contribution is 0.387.